The number of nitrogens with zero attached hydrogens (tertiary/aromatic N) is 1. The van der Waals surface area contributed by atoms with E-state index in [9.17, 15) is 4.79 Å². The molecule has 21 heavy (non-hydrogen) atoms. The molecule has 1 fully saturated rings. The quantitative estimate of drug-likeness (QED) is 0.852. The van der Waals surface area contributed by atoms with Crippen LogP contribution in [0, 0.1) is 0 Å². The number of hydrogen-bond donors (Lipinski definition) is 1. The van der Waals surface area contributed by atoms with Crippen molar-refractivity contribution in [3.05, 3.63) is 29.8 Å². The molecule has 0 radical (unpaired) electrons. The van der Waals surface area contributed by atoms with Gasteiger partial charge in [-0.1, -0.05) is 12.1 Å². The van der Waals surface area contributed by atoms with Gasteiger partial charge in [-0.15, -0.1) is 0 Å². The SMILES string of the molecule is CNCC1CN(C(=O)CCc2ccc(OC)cc2)CCO1. The number of aryl methyl sites for hydroxylation is 1. The van der Waals surface area contributed by atoms with Gasteiger partial charge >= 0.3 is 0 Å². The Balaban J connectivity index is 1.80. The zero-order valence-corrected chi connectivity index (χ0v) is 12.8. The molecule has 0 aromatic heterocycles. The molecule has 1 unspecified atom stereocenters. The van der Waals surface area contributed by atoms with Crippen molar-refractivity contribution in [1.29, 1.82) is 0 Å². The summed E-state index contributed by atoms with van der Waals surface area (Å²) in [6.45, 7) is 2.78. The molecule has 2 rings (SSSR count). The van der Waals surface area contributed by atoms with E-state index in [1.54, 1.807) is 7.11 Å². The van der Waals surface area contributed by atoms with Gasteiger partial charge in [-0.2, -0.15) is 0 Å². The lowest BCUT2D eigenvalue weighted by molar-refractivity contribution is -0.138. The normalized spacial score (nSPS) is 18.6. The topological polar surface area (TPSA) is 50.8 Å². The Morgan fingerprint density at radius 3 is 2.86 bits per heavy atom. The monoisotopic (exact) mass is 292 g/mol. The van der Waals surface area contributed by atoms with Crippen LogP contribution in [0.25, 0.3) is 0 Å². The average molecular weight is 292 g/mol. The first-order chi connectivity index (χ1) is 10.2. The molecular formula is C16H24N2O3. The van der Waals surface area contributed by atoms with E-state index >= 15 is 0 Å². The van der Waals surface area contributed by atoms with E-state index in [2.05, 4.69) is 5.32 Å². The maximum Gasteiger partial charge on any atom is 0.223 e. The van der Waals surface area contributed by atoms with Crippen LogP contribution >= 0.6 is 0 Å². The summed E-state index contributed by atoms with van der Waals surface area (Å²) in [7, 11) is 3.55. The minimum Gasteiger partial charge on any atom is -0.497 e. The van der Waals surface area contributed by atoms with Crippen LogP contribution in [0.4, 0.5) is 0 Å². The third-order valence-electron chi connectivity index (χ3n) is 3.71. The van der Waals surface area contributed by atoms with Crippen molar-refractivity contribution in [1.82, 2.24) is 10.2 Å². The number of amides is 1. The van der Waals surface area contributed by atoms with Gasteiger partial charge in [-0.05, 0) is 31.2 Å². The van der Waals surface area contributed by atoms with Gasteiger partial charge in [0.15, 0.2) is 0 Å². The third kappa shape index (κ3) is 4.72. The molecule has 116 valence electrons. The van der Waals surface area contributed by atoms with Gasteiger partial charge in [0.25, 0.3) is 0 Å². The molecule has 1 heterocycles. The average Bonchev–Trinajstić information content (AvgIpc) is 2.53. The Kier molecular flexibility index (Phi) is 6.02. The zero-order chi connectivity index (χ0) is 15.1. The Bertz CT molecular complexity index is 445. The van der Waals surface area contributed by atoms with Gasteiger partial charge in [-0.25, -0.2) is 0 Å². The van der Waals surface area contributed by atoms with Crippen molar-refractivity contribution in [3.63, 3.8) is 0 Å². The van der Waals surface area contributed by atoms with Crippen molar-refractivity contribution < 1.29 is 14.3 Å². The first kappa shape index (κ1) is 15.8. The predicted molar refractivity (Wildman–Crippen MR) is 81.6 cm³/mol. The highest BCUT2D eigenvalue weighted by atomic mass is 16.5. The van der Waals surface area contributed by atoms with E-state index in [-0.39, 0.29) is 12.0 Å². The molecule has 0 bridgehead atoms. The predicted octanol–water partition coefficient (Wildman–Crippen LogP) is 1.07. The Morgan fingerprint density at radius 2 is 2.19 bits per heavy atom. The standard InChI is InChI=1S/C16H24N2O3/c1-17-11-15-12-18(9-10-21-15)16(19)8-5-13-3-6-14(20-2)7-4-13/h3-4,6-7,15,17H,5,8-12H2,1-2H3. The lowest BCUT2D eigenvalue weighted by Gasteiger charge is -2.33. The van der Waals surface area contributed by atoms with E-state index in [0.29, 0.717) is 26.1 Å². The second kappa shape index (κ2) is 8.00. The molecular weight excluding hydrogens is 268 g/mol. The van der Waals surface area contributed by atoms with E-state index < -0.39 is 0 Å². The van der Waals surface area contributed by atoms with Crippen LogP contribution in [0.15, 0.2) is 24.3 Å². The molecule has 1 aromatic carbocycles. The fraction of sp³-hybridized carbons (Fsp3) is 0.562. The number of benzene rings is 1. The molecule has 5 nitrogen and oxygen atoms in total. The Morgan fingerprint density at radius 1 is 1.43 bits per heavy atom. The zero-order valence-electron chi connectivity index (χ0n) is 12.8. The lowest BCUT2D eigenvalue weighted by atomic mass is 10.1. The van der Waals surface area contributed by atoms with Crippen LogP contribution in [0.1, 0.15) is 12.0 Å². The number of rotatable bonds is 6. The minimum absolute atomic E-state index is 0.105. The van der Waals surface area contributed by atoms with Crippen molar-refractivity contribution in [2.45, 2.75) is 18.9 Å². The number of hydrogen-bond acceptors (Lipinski definition) is 4. The summed E-state index contributed by atoms with van der Waals surface area (Å²) in [5, 5.41) is 3.09. The molecule has 1 N–H and O–H groups in total. The first-order valence-corrected chi connectivity index (χ1v) is 7.40. The third-order valence-corrected chi connectivity index (χ3v) is 3.71. The summed E-state index contributed by atoms with van der Waals surface area (Å²) < 4.78 is 10.7. The van der Waals surface area contributed by atoms with Gasteiger partial charge in [-0.3, -0.25) is 4.79 Å². The van der Waals surface area contributed by atoms with Crippen molar-refractivity contribution in [2.75, 3.05) is 40.4 Å². The molecule has 1 saturated heterocycles. The minimum atomic E-state index is 0.105. The fourth-order valence-corrected chi connectivity index (χ4v) is 2.50. The number of ether oxygens (including phenoxy) is 2. The second-order valence-corrected chi connectivity index (χ2v) is 5.24. The van der Waals surface area contributed by atoms with Crippen LogP contribution in [-0.4, -0.2) is 57.3 Å². The second-order valence-electron chi connectivity index (χ2n) is 5.24. The fourth-order valence-electron chi connectivity index (χ4n) is 2.50. The van der Waals surface area contributed by atoms with Crippen LogP contribution in [0.5, 0.6) is 5.75 Å². The number of methoxy groups -OCH3 is 1. The number of nitrogens with one attached hydrogen (secondary N) is 1. The van der Waals surface area contributed by atoms with E-state index in [1.165, 1.54) is 0 Å². The number of likely N-dealkylation sites (N-methyl/N-ethyl adjacent to an activating group) is 1. The van der Waals surface area contributed by atoms with Crippen LogP contribution in [-0.2, 0) is 16.0 Å². The molecule has 1 atom stereocenters. The summed E-state index contributed by atoms with van der Waals surface area (Å²) >= 11 is 0. The number of carbonyl (C=O) groups excluding carboxylic acids is 1. The summed E-state index contributed by atoms with van der Waals surface area (Å²) in [5.74, 6) is 1.04. The Hall–Kier alpha value is -1.59. The number of morpholine rings is 1. The molecule has 0 saturated carbocycles. The van der Waals surface area contributed by atoms with Crippen molar-refractivity contribution in [2.24, 2.45) is 0 Å². The van der Waals surface area contributed by atoms with Crippen molar-refractivity contribution >= 4 is 5.91 Å². The van der Waals surface area contributed by atoms with Crippen LogP contribution < -0.4 is 10.1 Å². The van der Waals surface area contributed by atoms with Gasteiger partial charge < -0.3 is 19.7 Å². The smallest absolute Gasteiger partial charge is 0.223 e. The molecule has 0 spiro atoms. The van der Waals surface area contributed by atoms with Gasteiger partial charge in [0.1, 0.15) is 5.75 Å². The van der Waals surface area contributed by atoms with Crippen molar-refractivity contribution in [3.8, 4) is 5.75 Å². The van der Waals surface area contributed by atoms with E-state index in [4.69, 9.17) is 9.47 Å². The molecule has 1 amide bonds. The van der Waals surface area contributed by atoms with E-state index in [0.717, 1.165) is 24.3 Å². The van der Waals surface area contributed by atoms with Crippen LogP contribution in [0.2, 0.25) is 0 Å². The highest BCUT2D eigenvalue weighted by molar-refractivity contribution is 5.76. The number of carbonyl (C=O) groups is 1. The summed E-state index contributed by atoms with van der Waals surface area (Å²) in [6, 6.07) is 7.87. The maximum atomic E-state index is 12.3. The van der Waals surface area contributed by atoms with Crippen LogP contribution in [0.3, 0.4) is 0 Å². The van der Waals surface area contributed by atoms with Gasteiger partial charge in [0, 0.05) is 26.1 Å². The molecule has 1 aromatic rings. The molecule has 1 aliphatic rings. The Labute approximate surface area is 126 Å². The highest BCUT2D eigenvalue weighted by Gasteiger charge is 2.23. The molecule has 1 aliphatic heterocycles. The van der Waals surface area contributed by atoms with Gasteiger partial charge in [0.05, 0.1) is 19.8 Å². The molecule has 5 heteroatoms. The summed E-state index contributed by atoms with van der Waals surface area (Å²) in [4.78, 5) is 14.2. The highest BCUT2D eigenvalue weighted by Crippen LogP contribution is 2.14. The molecule has 0 aliphatic carbocycles. The van der Waals surface area contributed by atoms with Gasteiger partial charge in [0.2, 0.25) is 5.91 Å². The lowest BCUT2D eigenvalue weighted by Crippen LogP contribution is -2.48. The van der Waals surface area contributed by atoms with E-state index in [1.807, 2.05) is 36.2 Å². The first-order valence-electron chi connectivity index (χ1n) is 7.40. The maximum absolute atomic E-state index is 12.3. The summed E-state index contributed by atoms with van der Waals surface area (Å²) in [5.41, 5.74) is 1.16. The summed E-state index contributed by atoms with van der Waals surface area (Å²) in [6.07, 6.45) is 1.41. The largest absolute Gasteiger partial charge is 0.497 e.